The molecule has 2 heterocycles. The Labute approximate surface area is 342 Å². The van der Waals surface area contributed by atoms with E-state index >= 15 is 0 Å². The van der Waals surface area contributed by atoms with Crippen LogP contribution in [0.15, 0.2) is 11.6 Å². The second kappa shape index (κ2) is 15.3. The molecular weight excluding hydrogens is 752 g/mol. The van der Waals surface area contributed by atoms with Gasteiger partial charge in [0.2, 0.25) is 0 Å². The molecule has 0 radical (unpaired) electrons. The number of hydrogen-bond donors (Lipinski definition) is 6. The maximum Gasteiger partial charge on any atom is 0.337 e. The quantitative estimate of drug-likeness (QED) is 0.124. The fraction of sp³-hybridized carbons (Fsp3) is 0.909. The number of aliphatic hydroxyl groups excluding tert-OH is 6. The average Bonchev–Trinajstić information content (AvgIpc) is 3.17. The lowest BCUT2D eigenvalue weighted by atomic mass is 9.33. The second-order valence-electron chi connectivity index (χ2n) is 21.1. The van der Waals surface area contributed by atoms with Crippen molar-refractivity contribution in [2.75, 3.05) is 20.8 Å². The minimum absolute atomic E-state index is 0.0131. The van der Waals surface area contributed by atoms with Crippen molar-refractivity contribution in [3.05, 3.63) is 11.6 Å². The first-order valence-electron chi connectivity index (χ1n) is 21.6. The summed E-state index contributed by atoms with van der Waals surface area (Å²) in [5.74, 6) is -0.245. The van der Waals surface area contributed by atoms with Gasteiger partial charge in [0.15, 0.2) is 18.7 Å². The lowest BCUT2D eigenvalue weighted by molar-refractivity contribution is -0.374. The summed E-state index contributed by atoms with van der Waals surface area (Å²) in [6.45, 7) is 15.8. The Bertz CT molecular complexity index is 1600. The predicted octanol–water partition coefficient (Wildman–Crippen LogP) is 3.15. The highest BCUT2D eigenvalue weighted by Gasteiger charge is 2.70. The smallest absolute Gasteiger partial charge is 0.337 e. The summed E-state index contributed by atoms with van der Waals surface area (Å²) < 4.78 is 34.9. The number of rotatable bonds is 7. The molecule has 0 aromatic carbocycles. The van der Waals surface area contributed by atoms with E-state index in [0.29, 0.717) is 12.3 Å². The van der Waals surface area contributed by atoms with Gasteiger partial charge >= 0.3 is 11.9 Å². The molecule has 58 heavy (non-hydrogen) atoms. The topological polar surface area (TPSA) is 211 Å². The summed E-state index contributed by atoms with van der Waals surface area (Å²) in [7, 11) is 2.68. The van der Waals surface area contributed by atoms with Gasteiger partial charge in [-0.1, -0.05) is 60.1 Å². The van der Waals surface area contributed by atoms with E-state index < -0.39 is 90.9 Å². The van der Waals surface area contributed by atoms with Gasteiger partial charge in [0.05, 0.1) is 32.3 Å². The number of allylic oxidation sites excluding steroid dienone is 2. The van der Waals surface area contributed by atoms with Crippen LogP contribution in [0.3, 0.4) is 0 Å². The highest BCUT2D eigenvalue weighted by molar-refractivity contribution is 5.78. The fourth-order valence-corrected chi connectivity index (χ4v) is 13.9. The Morgan fingerprint density at radius 2 is 1.43 bits per heavy atom. The second-order valence-corrected chi connectivity index (χ2v) is 21.1. The molecule has 0 amide bonds. The fourth-order valence-electron chi connectivity index (χ4n) is 13.9. The number of carbonyl (C=O) groups is 2. The summed E-state index contributed by atoms with van der Waals surface area (Å²) in [4.78, 5) is 26.5. The van der Waals surface area contributed by atoms with Crippen molar-refractivity contribution in [1.82, 2.24) is 0 Å². The van der Waals surface area contributed by atoms with Crippen LogP contribution in [0, 0.1) is 50.2 Å². The predicted molar refractivity (Wildman–Crippen MR) is 207 cm³/mol. The first-order valence-corrected chi connectivity index (χ1v) is 21.6. The van der Waals surface area contributed by atoms with Crippen LogP contribution >= 0.6 is 0 Å². The van der Waals surface area contributed by atoms with Gasteiger partial charge in [0, 0.05) is 0 Å². The molecule has 7 rings (SSSR count). The number of hydrogen-bond acceptors (Lipinski definition) is 14. The van der Waals surface area contributed by atoms with Crippen LogP contribution in [0.25, 0.3) is 0 Å². The molecule has 2 aliphatic heterocycles. The van der Waals surface area contributed by atoms with Crippen LogP contribution in [0.5, 0.6) is 0 Å². The molecule has 14 heteroatoms. The number of ether oxygens (including phenoxy) is 6. The zero-order valence-corrected chi connectivity index (χ0v) is 35.9. The van der Waals surface area contributed by atoms with Crippen molar-refractivity contribution < 1.29 is 68.6 Å². The zero-order chi connectivity index (χ0) is 42.5. The van der Waals surface area contributed by atoms with E-state index in [4.69, 9.17) is 28.4 Å². The van der Waals surface area contributed by atoms with Crippen molar-refractivity contribution in [1.29, 1.82) is 0 Å². The molecule has 18 atom stereocenters. The summed E-state index contributed by atoms with van der Waals surface area (Å²) in [5.41, 5.74) is 0.514. The molecule has 6 N–H and O–H groups in total. The summed E-state index contributed by atoms with van der Waals surface area (Å²) in [5, 5.41) is 63.8. The van der Waals surface area contributed by atoms with Crippen LogP contribution in [0.1, 0.15) is 113 Å². The lowest BCUT2D eigenvalue weighted by Gasteiger charge is -2.71. The van der Waals surface area contributed by atoms with Gasteiger partial charge in [0.1, 0.15) is 42.7 Å². The molecule has 5 aliphatic carbocycles. The Morgan fingerprint density at radius 1 is 0.741 bits per heavy atom. The Kier molecular flexibility index (Phi) is 11.7. The zero-order valence-electron chi connectivity index (χ0n) is 35.9. The first-order chi connectivity index (χ1) is 27.1. The summed E-state index contributed by atoms with van der Waals surface area (Å²) in [6, 6.07) is 0. The largest absolute Gasteiger partial charge is 0.469 e. The van der Waals surface area contributed by atoms with Crippen LogP contribution < -0.4 is 0 Å². The van der Waals surface area contributed by atoms with Gasteiger partial charge < -0.3 is 59.1 Å². The monoisotopic (exact) mass is 822 g/mol. The minimum atomic E-state index is -1.80. The molecular formula is C44H70O14. The highest BCUT2D eigenvalue weighted by atomic mass is 16.8. The molecule has 0 aromatic heterocycles. The molecule has 2 saturated heterocycles. The van der Waals surface area contributed by atoms with Crippen molar-refractivity contribution in [3.63, 3.8) is 0 Å². The van der Waals surface area contributed by atoms with Crippen molar-refractivity contribution in [2.24, 2.45) is 50.2 Å². The Hall–Kier alpha value is -1.72. The number of fused-ring (bicyclic) bond motifs is 7. The lowest BCUT2D eigenvalue weighted by Crippen LogP contribution is -2.67. The third-order valence-electron chi connectivity index (χ3n) is 17.6. The van der Waals surface area contributed by atoms with E-state index in [-0.39, 0.29) is 39.5 Å². The van der Waals surface area contributed by atoms with Crippen LogP contribution in [-0.2, 0) is 38.0 Å². The van der Waals surface area contributed by atoms with Gasteiger partial charge in [-0.25, -0.2) is 4.79 Å². The van der Waals surface area contributed by atoms with E-state index in [9.17, 15) is 40.2 Å². The van der Waals surface area contributed by atoms with Crippen molar-refractivity contribution in [3.8, 4) is 0 Å². The van der Waals surface area contributed by atoms with Crippen LogP contribution in [-0.4, -0.2) is 131 Å². The number of carbonyl (C=O) groups excluding carboxylic acids is 2. The van der Waals surface area contributed by atoms with E-state index in [1.54, 1.807) is 0 Å². The van der Waals surface area contributed by atoms with Gasteiger partial charge in [-0.3, -0.25) is 4.79 Å². The average molecular weight is 823 g/mol. The summed E-state index contributed by atoms with van der Waals surface area (Å²) in [6.07, 6.45) is -5.26. The maximum absolute atomic E-state index is 13.7. The number of esters is 2. The van der Waals surface area contributed by atoms with Gasteiger partial charge in [-0.05, 0) is 109 Å². The third-order valence-corrected chi connectivity index (χ3v) is 17.6. The molecule has 0 aromatic rings. The normalized spacial score (nSPS) is 50.8. The third kappa shape index (κ3) is 6.56. The van der Waals surface area contributed by atoms with E-state index in [1.165, 1.54) is 12.7 Å². The molecule has 14 nitrogen and oxygen atoms in total. The van der Waals surface area contributed by atoms with Crippen molar-refractivity contribution >= 4 is 11.9 Å². The molecule has 330 valence electrons. The molecule has 0 bridgehead atoms. The standard InChI is InChI=1S/C44H70O14/c1-39(2)16-18-44(38(52)54-9)19-17-42(6)22(23(44)20-39)10-11-26-41(5)14-13-27(40(3,4)25(41)12-15-43(26,42)7)56-37-34(31(49)30(48)33(57-37)35(51)53-8)58-36-32(50)29(47)28(46)24(21-45)55-36/h10,23-34,36-37,45-50H,11-21H2,1-9H3/t23-,24+,25-,26+,27-,28+,29-,30-,31-,32+,33-,34+,36-,37+,41-,42+,43+,44-/m0/s1. The van der Waals surface area contributed by atoms with Crippen molar-refractivity contribution in [2.45, 2.75) is 180 Å². The molecule has 4 saturated carbocycles. The van der Waals surface area contributed by atoms with Crippen LogP contribution in [0.4, 0.5) is 0 Å². The molecule has 0 spiro atoms. The molecule has 0 unspecified atom stereocenters. The minimum Gasteiger partial charge on any atom is -0.469 e. The van der Waals surface area contributed by atoms with Gasteiger partial charge in [0.25, 0.3) is 0 Å². The summed E-state index contributed by atoms with van der Waals surface area (Å²) >= 11 is 0. The van der Waals surface area contributed by atoms with Crippen LogP contribution in [0.2, 0.25) is 0 Å². The van der Waals surface area contributed by atoms with E-state index in [2.05, 4.69) is 54.5 Å². The van der Waals surface area contributed by atoms with E-state index in [0.717, 1.165) is 64.9 Å². The Balaban J connectivity index is 1.16. The molecule has 6 fully saturated rings. The number of methoxy groups -OCH3 is 2. The van der Waals surface area contributed by atoms with E-state index in [1.807, 2.05) is 0 Å². The van der Waals surface area contributed by atoms with Gasteiger partial charge in [-0.2, -0.15) is 0 Å². The first kappa shape index (κ1) is 44.3. The SMILES string of the molecule is COC(=O)[C@H]1O[C@@H](O[C@H]2CC[C@]3(C)[C@H]4CC=C5[C@@H]6CC(C)(C)CC[C@]6(C(=O)OC)CC[C@@]5(C)[C@]4(C)CC[C@H]3C2(C)C)[C@H](O[C@@H]2O[C@H](CO)[C@@H](O)[C@H](O)[C@H]2O)[C@@H](O)[C@@H]1O. The number of aliphatic hydroxyl groups is 6. The maximum atomic E-state index is 13.7. The molecule has 7 aliphatic rings. The Morgan fingerprint density at radius 3 is 2.09 bits per heavy atom. The van der Waals surface area contributed by atoms with Gasteiger partial charge in [-0.15, -0.1) is 0 Å². The highest BCUT2D eigenvalue weighted by Crippen LogP contribution is 2.76.